The van der Waals surface area contributed by atoms with Gasteiger partial charge in [0.05, 0.1) is 31.3 Å². The van der Waals surface area contributed by atoms with Crippen LogP contribution in [0.1, 0.15) is 12.5 Å². The number of halogens is 1. The van der Waals surface area contributed by atoms with Gasteiger partial charge in [-0.3, -0.25) is 19.7 Å². The molecule has 0 radical (unpaired) electrons. The largest absolute Gasteiger partial charge is 0.495 e. The fourth-order valence-corrected chi connectivity index (χ4v) is 2.42. The van der Waals surface area contributed by atoms with Crippen molar-refractivity contribution in [1.29, 1.82) is 0 Å². The van der Waals surface area contributed by atoms with E-state index in [1.54, 1.807) is 0 Å². The number of non-ortho nitro benzene ring substituents is 1. The zero-order valence-electron chi connectivity index (χ0n) is 15.9. The number of esters is 1. The zero-order chi connectivity index (χ0) is 21.6. The summed E-state index contributed by atoms with van der Waals surface area (Å²) in [4.78, 5) is 34.6. The molecule has 2 aromatic rings. The lowest BCUT2D eigenvalue weighted by Crippen LogP contribution is -2.30. The molecule has 0 aliphatic rings. The lowest BCUT2D eigenvalue weighted by molar-refractivity contribution is -0.384. The summed E-state index contributed by atoms with van der Waals surface area (Å²) in [5.41, 5.74) is 0.167. The maximum absolute atomic E-state index is 13.7. The molecule has 0 fully saturated rings. The van der Waals surface area contributed by atoms with Crippen LogP contribution in [-0.4, -0.2) is 37.1 Å². The number of hydrogen-bond donors (Lipinski definition) is 1. The van der Waals surface area contributed by atoms with Crippen molar-refractivity contribution in [2.75, 3.05) is 19.5 Å². The summed E-state index contributed by atoms with van der Waals surface area (Å²) in [5.74, 6) is -1.83. The van der Waals surface area contributed by atoms with Crippen molar-refractivity contribution in [1.82, 2.24) is 0 Å². The standard InChI is InChI=1S/C19H19FN2O7/c1-11(29-18(23)9-12-4-6-16(27-2)14(20)8-12)19(24)21-15-10-13(22(25)26)5-7-17(15)28-3/h4-8,10-11H,9H2,1-3H3,(H,21,24)/t11-/m0/s1. The van der Waals surface area contributed by atoms with E-state index in [-0.39, 0.29) is 29.3 Å². The van der Waals surface area contributed by atoms with Gasteiger partial charge in [-0.1, -0.05) is 6.07 Å². The van der Waals surface area contributed by atoms with Crippen LogP contribution in [0.25, 0.3) is 0 Å². The van der Waals surface area contributed by atoms with Gasteiger partial charge < -0.3 is 19.5 Å². The number of nitro benzene ring substituents is 1. The Labute approximate surface area is 165 Å². The van der Waals surface area contributed by atoms with E-state index in [0.717, 1.165) is 12.1 Å². The fourth-order valence-electron chi connectivity index (χ4n) is 2.42. The predicted molar refractivity (Wildman–Crippen MR) is 100 cm³/mol. The molecular formula is C19H19FN2O7. The van der Waals surface area contributed by atoms with Crippen molar-refractivity contribution in [3.05, 3.63) is 57.9 Å². The second kappa shape index (κ2) is 9.49. The van der Waals surface area contributed by atoms with Crippen molar-refractivity contribution in [3.63, 3.8) is 0 Å². The van der Waals surface area contributed by atoms with Gasteiger partial charge >= 0.3 is 5.97 Å². The second-order valence-electron chi connectivity index (χ2n) is 5.91. The molecule has 0 aliphatic heterocycles. The summed E-state index contributed by atoms with van der Waals surface area (Å²) in [7, 11) is 2.66. The van der Waals surface area contributed by atoms with Gasteiger partial charge in [0.2, 0.25) is 0 Å². The van der Waals surface area contributed by atoms with Gasteiger partial charge in [0, 0.05) is 12.1 Å². The topological polar surface area (TPSA) is 117 Å². The first kappa shape index (κ1) is 21.6. The lowest BCUT2D eigenvalue weighted by Gasteiger charge is -2.15. The van der Waals surface area contributed by atoms with Gasteiger partial charge in [-0.05, 0) is 30.7 Å². The molecule has 9 nitrogen and oxygen atoms in total. The van der Waals surface area contributed by atoms with Gasteiger partial charge in [0.25, 0.3) is 11.6 Å². The maximum atomic E-state index is 13.7. The monoisotopic (exact) mass is 406 g/mol. The molecule has 0 heterocycles. The highest BCUT2D eigenvalue weighted by Gasteiger charge is 2.21. The average molecular weight is 406 g/mol. The Balaban J connectivity index is 2.01. The molecule has 0 aliphatic carbocycles. The van der Waals surface area contributed by atoms with Crippen LogP contribution in [0, 0.1) is 15.9 Å². The van der Waals surface area contributed by atoms with Crippen LogP contribution in [0.5, 0.6) is 11.5 Å². The molecule has 1 amide bonds. The Morgan fingerprint density at radius 3 is 2.38 bits per heavy atom. The Hall–Kier alpha value is -3.69. The van der Waals surface area contributed by atoms with E-state index in [4.69, 9.17) is 14.2 Å². The number of amides is 1. The van der Waals surface area contributed by atoms with E-state index >= 15 is 0 Å². The van der Waals surface area contributed by atoms with E-state index in [0.29, 0.717) is 5.56 Å². The molecule has 1 atom stereocenters. The number of nitrogens with one attached hydrogen (secondary N) is 1. The Morgan fingerprint density at radius 1 is 1.14 bits per heavy atom. The van der Waals surface area contributed by atoms with E-state index < -0.39 is 28.7 Å². The first-order chi connectivity index (χ1) is 13.7. The van der Waals surface area contributed by atoms with Gasteiger partial charge in [0.1, 0.15) is 5.75 Å². The highest BCUT2D eigenvalue weighted by atomic mass is 19.1. The summed E-state index contributed by atoms with van der Waals surface area (Å²) in [6.07, 6.45) is -1.45. The molecule has 10 heteroatoms. The minimum absolute atomic E-state index is 0.0424. The van der Waals surface area contributed by atoms with Gasteiger partial charge in [-0.15, -0.1) is 0 Å². The fraction of sp³-hybridized carbons (Fsp3) is 0.263. The van der Waals surface area contributed by atoms with Crippen molar-refractivity contribution in [3.8, 4) is 11.5 Å². The average Bonchev–Trinajstić information content (AvgIpc) is 2.67. The van der Waals surface area contributed by atoms with Gasteiger partial charge in [0.15, 0.2) is 17.7 Å². The molecule has 29 heavy (non-hydrogen) atoms. The summed E-state index contributed by atoms with van der Waals surface area (Å²) in [6, 6.07) is 7.71. The van der Waals surface area contributed by atoms with Crippen LogP contribution in [0.4, 0.5) is 15.8 Å². The summed E-state index contributed by atoms with van der Waals surface area (Å²) >= 11 is 0. The van der Waals surface area contributed by atoms with Crippen molar-refractivity contribution in [2.24, 2.45) is 0 Å². The third-order valence-corrected chi connectivity index (χ3v) is 3.89. The summed E-state index contributed by atoms with van der Waals surface area (Å²) < 4.78 is 28.6. The van der Waals surface area contributed by atoms with Crippen LogP contribution in [0.15, 0.2) is 36.4 Å². The smallest absolute Gasteiger partial charge is 0.311 e. The number of nitro groups is 1. The van der Waals surface area contributed by atoms with Crippen LogP contribution in [-0.2, 0) is 20.7 Å². The molecule has 0 saturated carbocycles. The predicted octanol–water partition coefficient (Wildman–Crippen LogP) is 2.86. The molecule has 2 aromatic carbocycles. The Morgan fingerprint density at radius 2 is 1.79 bits per heavy atom. The van der Waals surface area contributed by atoms with E-state index in [1.807, 2.05) is 0 Å². The maximum Gasteiger partial charge on any atom is 0.311 e. The lowest BCUT2D eigenvalue weighted by atomic mass is 10.1. The molecule has 0 saturated heterocycles. The number of benzene rings is 2. The van der Waals surface area contributed by atoms with Gasteiger partial charge in [-0.2, -0.15) is 0 Å². The highest BCUT2D eigenvalue weighted by molar-refractivity contribution is 5.96. The third-order valence-electron chi connectivity index (χ3n) is 3.89. The Kier molecular flexibility index (Phi) is 7.07. The molecule has 2 rings (SSSR count). The molecule has 0 aromatic heterocycles. The normalized spacial score (nSPS) is 11.3. The summed E-state index contributed by atoms with van der Waals surface area (Å²) in [5, 5.41) is 13.3. The van der Waals surface area contributed by atoms with Crippen LogP contribution in [0.2, 0.25) is 0 Å². The van der Waals surface area contributed by atoms with Crippen molar-refractivity contribution < 1.29 is 33.1 Å². The first-order valence-electron chi connectivity index (χ1n) is 8.40. The first-order valence-corrected chi connectivity index (χ1v) is 8.40. The SMILES string of the molecule is COc1ccc(CC(=O)O[C@@H](C)C(=O)Nc2cc([N+](=O)[O-])ccc2OC)cc1F. The number of anilines is 1. The molecule has 0 bridgehead atoms. The second-order valence-corrected chi connectivity index (χ2v) is 5.91. The number of nitrogens with zero attached hydrogens (tertiary/aromatic N) is 1. The number of hydrogen-bond acceptors (Lipinski definition) is 7. The number of ether oxygens (including phenoxy) is 3. The quantitative estimate of drug-likeness (QED) is 0.407. The van der Waals surface area contributed by atoms with E-state index in [1.165, 1.54) is 45.4 Å². The molecule has 154 valence electrons. The van der Waals surface area contributed by atoms with E-state index in [9.17, 15) is 24.1 Å². The number of methoxy groups -OCH3 is 2. The van der Waals surface area contributed by atoms with Crippen LogP contribution < -0.4 is 14.8 Å². The molecule has 0 unspecified atom stereocenters. The summed E-state index contributed by atoms with van der Waals surface area (Å²) in [6.45, 7) is 1.34. The van der Waals surface area contributed by atoms with Crippen LogP contribution >= 0.6 is 0 Å². The number of carbonyl (C=O) groups excluding carboxylic acids is 2. The number of carbonyl (C=O) groups is 2. The minimum atomic E-state index is -1.20. The number of rotatable bonds is 8. The molecule has 1 N–H and O–H groups in total. The van der Waals surface area contributed by atoms with Crippen LogP contribution in [0.3, 0.4) is 0 Å². The third kappa shape index (κ3) is 5.64. The highest BCUT2D eigenvalue weighted by Crippen LogP contribution is 2.29. The Bertz CT molecular complexity index is 933. The van der Waals surface area contributed by atoms with Gasteiger partial charge in [-0.25, -0.2) is 4.39 Å². The van der Waals surface area contributed by atoms with Crippen molar-refractivity contribution in [2.45, 2.75) is 19.4 Å². The minimum Gasteiger partial charge on any atom is -0.495 e. The van der Waals surface area contributed by atoms with Crippen molar-refractivity contribution >= 4 is 23.3 Å². The molecular weight excluding hydrogens is 387 g/mol. The zero-order valence-corrected chi connectivity index (χ0v) is 15.9. The molecule has 0 spiro atoms. The van der Waals surface area contributed by atoms with E-state index in [2.05, 4.69) is 5.32 Å².